The molecule has 0 saturated heterocycles. The highest BCUT2D eigenvalue weighted by molar-refractivity contribution is 7.15. The quantitative estimate of drug-likeness (QED) is 0.716. The monoisotopic (exact) mass is 330 g/mol. The molecule has 2 aromatic heterocycles. The van der Waals surface area contributed by atoms with Crippen molar-refractivity contribution in [2.45, 2.75) is 6.92 Å². The molecule has 0 bridgehead atoms. The van der Waals surface area contributed by atoms with Crippen molar-refractivity contribution in [1.29, 1.82) is 0 Å². The molecule has 2 heterocycles. The van der Waals surface area contributed by atoms with E-state index in [-0.39, 0.29) is 11.1 Å². The average Bonchev–Trinajstić information content (AvgIpc) is 2.83. The molecule has 0 aliphatic heterocycles. The third kappa shape index (κ3) is 2.70. The number of hydrogen-bond acceptors (Lipinski definition) is 6. The summed E-state index contributed by atoms with van der Waals surface area (Å²) in [6.07, 6.45) is 1.74. The summed E-state index contributed by atoms with van der Waals surface area (Å²) in [7, 11) is 3.12. The Hall–Kier alpha value is -2.67. The van der Waals surface area contributed by atoms with Crippen molar-refractivity contribution in [2.24, 2.45) is 0 Å². The number of aryl methyl sites for hydroxylation is 1. The molecule has 0 unspecified atom stereocenters. The predicted molar refractivity (Wildman–Crippen MR) is 88.7 cm³/mol. The number of aromatic nitrogens is 2. The number of hydrogen-bond donors (Lipinski definition) is 0. The highest BCUT2D eigenvalue weighted by Crippen LogP contribution is 2.27. The molecule has 6 nitrogen and oxygen atoms in total. The van der Waals surface area contributed by atoms with Gasteiger partial charge in [0.05, 0.1) is 18.8 Å². The van der Waals surface area contributed by atoms with Gasteiger partial charge in [0.15, 0.2) is 11.5 Å². The minimum Gasteiger partial charge on any atom is -0.493 e. The van der Waals surface area contributed by atoms with Crippen LogP contribution in [0.2, 0.25) is 0 Å². The maximum atomic E-state index is 12.5. The molecular formula is C16H14N2O4S. The molecular weight excluding hydrogens is 316 g/mol. The van der Waals surface area contributed by atoms with Gasteiger partial charge in [0, 0.05) is 11.8 Å². The second kappa shape index (κ2) is 5.85. The number of methoxy groups -OCH3 is 2. The largest absolute Gasteiger partial charge is 0.493 e. The number of nitrogens with zero attached hydrogens (tertiary/aromatic N) is 2. The molecule has 3 rings (SSSR count). The molecule has 1 aromatic carbocycles. The number of rotatable bonds is 3. The molecule has 0 fully saturated rings. The molecule has 23 heavy (non-hydrogen) atoms. The van der Waals surface area contributed by atoms with Crippen LogP contribution in [0.4, 0.5) is 0 Å². The Morgan fingerprint density at radius 1 is 1.13 bits per heavy atom. The van der Waals surface area contributed by atoms with Crippen LogP contribution in [0.25, 0.3) is 11.0 Å². The molecule has 0 spiro atoms. The minimum absolute atomic E-state index is 0.190. The normalized spacial score (nSPS) is 11.9. The van der Waals surface area contributed by atoms with Gasteiger partial charge >= 0.3 is 0 Å². The van der Waals surface area contributed by atoms with Gasteiger partial charge in [-0.05, 0) is 30.7 Å². The maximum Gasteiger partial charge on any atom is 0.274 e. The lowest BCUT2D eigenvalue weighted by Gasteiger charge is -2.07. The Balaban J connectivity index is 2.23. The lowest BCUT2D eigenvalue weighted by atomic mass is 10.2. The van der Waals surface area contributed by atoms with E-state index in [9.17, 15) is 9.59 Å². The predicted octanol–water partition coefficient (Wildman–Crippen LogP) is 0.990. The van der Waals surface area contributed by atoms with Gasteiger partial charge in [0.2, 0.25) is 4.96 Å². The first-order chi connectivity index (χ1) is 11.0. The summed E-state index contributed by atoms with van der Waals surface area (Å²) in [6.45, 7) is 1.71. The summed E-state index contributed by atoms with van der Waals surface area (Å²) < 4.78 is 12.4. The van der Waals surface area contributed by atoms with Crippen LogP contribution in [-0.2, 0) is 0 Å². The van der Waals surface area contributed by atoms with Gasteiger partial charge in [-0.15, -0.1) is 0 Å². The fourth-order valence-electron chi connectivity index (χ4n) is 2.32. The van der Waals surface area contributed by atoms with Crippen LogP contribution in [-0.4, -0.2) is 23.6 Å². The zero-order valence-electron chi connectivity index (χ0n) is 12.8. The molecule has 0 aliphatic rings. The number of ether oxygens (including phenoxy) is 2. The summed E-state index contributed by atoms with van der Waals surface area (Å²) in [5.74, 6) is 1.20. The van der Waals surface area contributed by atoms with Crippen LogP contribution in [0.5, 0.6) is 11.5 Å². The minimum atomic E-state index is -0.346. The first-order valence-electron chi connectivity index (χ1n) is 6.80. The van der Waals surface area contributed by atoms with Crippen molar-refractivity contribution in [3.8, 4) is 11.5 Å². The van der Waals surface area contributed by atoms with Gasteiger partial charge in [-0.25, -0.2) is 0 Å². The maximum absolute atomic E-state index is 12.5. The summed E-state index contributed by atoms with van der Waals surface area (Å²) in [5, 5.41) is 0. The van der Waals surface area contributed by atoms with Crippen LogP contribution >= 0.6 is 11.3 Å². The van der Waals surface area contributed by atoms with Crippen molar-refractivity contribution in [3.05, 3.63) is 60.8 Å². The van der Waals surface area contributed by atoms with Gasteiger partial charge in [0.25, 0.3) is 11.1 Å². The molecule has 118 valence electrons. The van der Waals surface area contributed by atoms with Crippen LogP contribution in [0.1, 0.15) is 11.3 Å². The molecule has 0 radical (unpaired) electrons. The Morgan fingerprint density at radius 3 is 2.57 bits per heavy atom. The van der Waals surface area contributed by atoms with Gasteiger partial charge in [-0.1, -0.05) is 17.4 Å². The average molecular weight is 330 g/mol. The number of thiazole rings is 1. The second-order valence-corrected chi connectivity index (χ2v) is 5.89. The van der Waals surface area contributed by atoms with Gasteiger partial charge in [-0.3, -0.25) is 14.0 Å². The molecule has 0 aliphatic carbocycles. The second-order valence-electron chi connectivity index (χ2n) is 4.88. The van der Waals surface area contributed by atoms with E-state index in [0.29, 0.717) is 26.7 Å². The zero-order chi connectivity index (χ0) is 16.6. The SMILES string of the molecule is COc1ccc(/C=c2\sc3nc(=O)cc(C)n3c2=O)cc1OC. The Bertz CT molecular complexity index is 1050. The standard InChI is InChI=1S/C16H14N2O4S/c1-9-6-14(19)17-16-18(9)15(20)13(23-16)8-10-4-5-11(21-2)12(7-10)22-3/h4-8H,1-3H3/b13-8-. The first-order valence-corrected chi connectivity index (χ1v) is 7.62. The third-order valence-electron chi connectivity index (χ3n) is 3.40. The lowest BCUT2D eigenvalue weighted by molar-refractivity contribution is 0.355. The molecule has 3 aromatic rings. The Labute approximate surface area is 135 Å². The summed E-state index contributed by atoms with van der Waals surface area (Å²) in [5.41, 5.74) is 0.839. The zero-order valence-corrected chi connectivity index (χ0v) is 13.6. The summed E-state index contributed by atoms with van der Waals surface area (Å²) in [4.78, 5) is 28.2. The van der Waals surface area contributed by atoms with Gasteiger partial charge in [-0.2, -0.15) is 4.98 Å². The fourth-order valence-corrected chi connectivity index (χ4v) is 3.35. The van der Waals surface area contributed by atoms with Crippen LogP contribution in [0, 0.1) is 6.92 Å². The molecule has 0 N–H and O–H groups in total. The van der Waals surface area contributed by atoms with Crippen molar-refractivity contribution >= 4 is 22.4 Å². The lowest BCUT2D eigenvalue weighted by Crippen LogP contribution is -2.25. The number of fused-ring (bicyclic) bond motifs is 1. The summed E-state index contributed by atoms with van der Waals surface area (Å²) >= 11 is 1.18. The van der Waals surface area contributed by atoms with Gasteiger partial charge < -0.3 is 9.47 Å². The first kappa shape index (κ1) is 15.2. The van der Waals surface area contributed by atoms with Crippen molar-refractivity contribution < 1.29 is 9.47 Å². The third-order valence-corrected chi connectivity index (χ3v) is 4.37. The molecule has 0 amide bonds. The van der Waals surface area contributed by atoms with Gasteiger partial charge in [0.1, 0.15) is 0 Å². The molecule has 7 heteroatoms. The van der Waals surface area contributed by atoms with Crippen LogP contribution in [0.15, 0.2) is 33.9 Å². The molecule has 0 atom stereocenters. The van der Waals surface area contributed by atoms with E-state index in [1.807, 2.05) is 6.07 Å². The Morgan fingerprint density at radius 2 is 1.87 bits per heavy atom. The van der Waals surface area contributed by atoms with Crippen molar-refractivity contribution in [1.82, 2.24) is 9.38 Å². The van der Waals surface area contributed by atoms with Crippen LogP contribution < -0.4 is 25.1 Å². The van der Waals surface area contributed by atoms with E-state index in [2.05, 4.69) is 4.98 Å². The Kier molecular flexibility index (Phi) is 3.87. The smallest absolute Gasteiger partial charge is 0.274 e. The van der Waals surface area contributed by atoms with E-state index >= 15 is 0 Å². The molecule has 0 saturated carbocycles. The fraction of sp³-hybridized carbons (Fsp3) is 0.188. The van der Waals surface area contributed by atoms with E-state index in [0.717, 1.165) is 5.56 Å². The van der Waals surface area contributed by atoms with Crippen LogP contribution in [0.3, 0.4) is 0 Å². The van der Waals surface area contributed by atoms with E-state index in [4.69, 9.17) is 9.47 Å². The number of benzene rings is 1. The van der Waals surface area contributed by atoms with E-state index in [1.54, 1.807) is 39.4 Å². The van der Waals surface area contributed by atoms with E-state index in [1.165, 1.54) is 21.8 Å². The van der Waals surface area contributed by atoms with Crippen molar-refractivity contribution in [2.75, 3.05) is 14.2 Å². The summed E-state index contributed by atoms with van der Waals surface area (Å²) in [6, 6.07) is 6.73. The highest BCUT2D eigenvalue weighted by atomic mass is 32.1. The van der Waals surface area contributed by atoms with E-state index < -0.39 is 0 Å². The van der Waals surface area contributed by atoms with Crippen molar-refractivity contribution in [3.63, 3.8) is 0 Å². The highest BCUT2D eigenvalue weighted by Gasteiger charge is 2.08. The topological polar surface area (TPSA) is 69.9 Å².